The molecule has 0 unspecified atom stereocenters. The molecule has 2 aromatic heterocycles. The summed E-state index contributed by atoms with van der Waals surface area (Å²) < 4.78 is 11.2. The van der Waals surface area contributed by atoms with Crippen LogP contribution in [-0.4, -0.2) is 37.4 Å². The normalized spacial score (nSPS) is 10.7. The molecule has 4 rings (SSSR count). The zero-order valence-electron chi connectivity index (χ0n) is 16.1. The van der Waals surface area contributed by atoms with Crippen molar-refractivity contribution in [2.75, 3.05) is 12.4 Å². The van der Waals surface area contributed by atoms with Crippen LogP contribution in [0.25, 0.3) is 17.2 Å². The van der Waals surface area contributed by atoms with Crippen LogP contribution in [0, 0.1) is 13.8 Å². The highest BCUT2D eigenvalue weighted by atomic mass is 32.1. The lowest BCUT2D eigenvalue weighted by atomic mass is 10.2. The molecule has 0 aliphatic heterocycles. The molecule has 0 aliphatic carbocycles. The van der Waals surface area contributed by atoms with Gasteiger partial charge in [-0.2, -0.15) is 9.36 Å². The molecule has 8 nitrogen and oxygen atoms in total. The number of methoxy groups -OCH3 is 1. The van der Waals surface area contributed by atoms with E-state index in [0.29, 0.717) is 28.0 Å². The minimum atomic E-state index is -0.268. The Balaban J connectivity index is 1.55. The van der Waals surface area contributed by atoms with E-state index in [0.717, 1.165) is 28.5 Å². The van der Waals surface area contributed by atoms with E-state index in [2.05, 4.69) is 25.0 Å². The third-order valence-electron chi connectivity index (χ3n) is 4.45. The molecule has 2 aromatic carbocycles. The summed E-state index contributed by atoms with van der Waals surface area (Å²) in [5, 5.41) is 11.6. The molecule has 29 heavy (non-hydrogen) atoms. The molecule has 1 amide bonds. The molecule has 0 bridgehead atoms. The molecule has 0 saturated carbocycles. The van der Waals surface area contributed by atoms with Crippen LogP contribution in [0.2, 0.25) is 0 Å². The lowest BCUT2D eigenvalue weighted by Gasteiger charge is -2.06. The van der Waals surface area contributed by atoms with Crippen molar-refractivity contribution >= 4 is 22.6 Å². The first-order valence-corrected chi connectivity index (χ1v) is 9.62. The van der Waals surface area contributed by atoms with Crippen LogP contribution >= 0.6 is 11.5 Å². The van der Waals surface area contributed by atoms with E-state index >= 15 is 0 Å². The van der Waals surface area contributed by atoms with E-state index in [9.17, 15) is 4.79 Å². The predicted octanol–water partition coefficient (Wildman–Crippen LogP) is 3.66. The van der Waals surface area contributed by atoms with Gasteiger partial charge in [-0.05, 0) is 49.7 Å². The topological polar surface area (TPSA) is 94.8 Å². The fourth-order valence-corrected chi connectivity index (χ4v) is 3.41. The molecule has 0 atom stereocenters. The molecular formula is C20H18N6O2S. The number of hydrogen-bond acceptors (Lipinski definition) is 7. The van der Waals surface area contributed by atoms with E-state index in [-0.39, 0.29) is 5.91 Å². The Morgan fingerprint density at radius 1 is 1.10 bits per heavy atom. The highest BCUT2D eigenvalue weighted by Gasteiger charge is 2.18. The van der Waals surface area contributed by atoms with Gasteiger partial charge >= 0.3 is 0 Å². The Morgan fingerprint density at radius 2 is 1.86 bits per heavy atom. The summed E-state index contributed by atoms with van der Waals surface area (Å²) in [7, 11) is 1.58. The number of nitrogens with one attached hydrogen (secondary N) is 1. The Labute approximate surface area is 171 Å². The first-order chi connectivity index (χ1) is 14.1. The van der Waals surface area contributed by atoms with Crippen LogP contribution in [-0.2, 0) is 0 Å². The fourth-order valence-electron chi connectivity index (χ4n) is 2.85. The maximum absolute atomic E-state index is 12.4. The molecule has 0 spiro atoms. The second kappa shape index (κ2) is 7.80. The van der Waals surface area contributed by atoms with Crippen molar-refractivity contribution in [1.82, 2.24) is 24.4 Å². The van der Waals surface area contributed by atoms with Gasteiger partial charge in [0, 0.05) is 17.1 Å². The van der Waals surface area contributed by atoms with Crippen molar-refractivity contribution in [3.05, 3.63) is 65.4 Å². The van der Waals surface area contributed by atoms with Gasteiger partial charge < -0.3 is 4.74 Å². The van der Waals surface area contributed by atoms with Gasteiger partial charge in [0.1, 0.15) is 5.75 Å². The monoisotopic (exact) mass is 406 g/mol. The molecule has 1 N–H and O–H groups in total. The van der Waals surface area contributed by atoms with Crippen LogP contribution in [0.4, 0.5) is 5.13 Å². The second-order valence-corrected chi connectivity index (χ2v) is 7.08. The maximum atomic E-state index is 12.4. The van der Waals surface area contributed by atoms with Gasteiger partial charge in [-0.25, -0.2) is 4.68 Å². The van der Waals surface area contributed by atoms with Gasteiger partial charge in [0.25, 0.3) is 5.91 Å². The molecule has 0 saturated heterocycles. The number of carbonyl (C=O) groups is 1. The highest BCUT2D eigenvalue weighted by molar-refractivity contribution is 7.10. The Bertz CT molecular complexity index is 1170. The quantitative estimate of drug-likeness (QED) is 0.543. The zero-order chi connectivity index (χ0) is 20.4. The van der Waals surface area contributed by atoms with E-state index < -0.39 is 0 Å². The molecule has 146 valence electrons. The number of para-hydroxylation sites is 1. The number of ether oxygens (including phenoxy) is 1. The Hall–Kier alpha value is -3.59. The second-order valence-electron chi connectivity index (χ2n) is 6.33. The summed E-state index contributed by atoms with van der Waals surface area (Å²) >= 11 is 1.10. The molecule has 0 aliphatic rings. The average Bonchev–Trinajstić information content (AvgIpc) is 3.35. The predicted molar refractivity (Wildman–Crippen MR) is 111 cm³/mol. The third-order valence-corrected chi connectivity index (χ3v) is 5.08. The van der Waals surface area contributed by atoms with Crippen molar-refractivity contribution in [2.24, 2.45) is 0 Å². The Kier molecular flexibility index (Phi) is 5.05. The maximum Gasteiger partial charge on any atom is 0.257 e. The average molecular weight is 406 g/mol. The standard InChI is InChI=1S/C20H18N6O2S/c1-12-6-4-5-7-16(12)26-13(2)17(23-25-26)18-21-20(29-24-18)22-19(27)14-8-10-15(28-3)11-9-14/h4-11H,1-3H3,(H,21,22,24,27). The number of rotatable bonds is 5. The molecule has 0 radical (unpaired) electrons. The van der Waals surface area contributed by atoms with Crippen molar-refractivity contribution in [1.29, 1.82) is 0 Å². The van der Waals surface area contributed by atoms with Crippen LogP contribution in [0.1, 0.15) is 21.6 Å². The largest absolute Gasteiger partial charge is 0.497 e. The van der Waals surface area contributed by atoms with E-state index in [1.165, 1.54) is 0 Å². The van der Waals surface area contributed by atoms with Crippen molar-refractivity contribution < 1.29 is 9.53 Å². The first-order valence-electron chi connectivity index (χ1n) is 8.84. The van der Waals surface area contributed by atoms with E-state index in [4.69, 9.17) is 4.74 Å². The van der Waals surface area contributed by atoms with Crippen molar-refractivity contribution in [2.45, 2.75) is 13.8 Å². The molecule has 9 heteroatoms. The van der Waals surface area contributed by atoms with E-state index in [1.54, 1.807) is 36.1 Å². The van der Waals surface area contributed by atoms with Crippen LogP contribution < -0.4 is 10.1 Å². The van der Waals surface area contributed by atoms with Crippen LogP contribution in [0.15, 0.2) is 48.5 Å². The first kappa shape index (κ1) is 18.8. The SMILES string of the molecule is COc1ccc(C(=O)Nc2nc(-c3nnn(-c4ccccc4C)c3C)ns2)cc1. The van der Waals surface area contributed by atoms with Gasteiger partial charge in [-0.15, -0.1) is 5.10 Å². The molecule has 2 heterocycles. The summed E-state index contributed by atoms with van der Waals surface area (Å²) in [6, 6.07) is 14.8. The minimum absolute atomic E-state index is 0.268. The van der Waals surface area contributed by atoms with Crippen LogP contribution in [0.5, 0.6) is 5.75 Å². The number of anilines is 1. The van der Waals surface area contributed by atoms with Crippen molar-refractivity contribution in [3.63, 3.8) is 0 Å². The summed E-state index contributed by atoms with van der Waals surface area (Å²) in [4.78, 5) is 16.8. The number of carbonyl (C=O) groups excluding carboxylic acids is 1. The molecule has 0 fully saturated rings. The smallest absolute Gasteiger partial charge is 0.257 e. The third kappa shape index (κ3) is 3.72. The van der Waals surface area contributed by atoms with Gasteiger partial charge in [0.2, 0.25) is 5.13 Å². The molecule has 4 aromatic rings. The minimum Gasteiger partial charge on any atom is -0.497 e. The van der Waals surface area contributed by atoms with Crippen molar-refractivity contribution in [3.8, 4) is 23.0 Å². The molecular weight excluding hydrogens is 388 g/mol. The fraction of sp³-hybridized carbons (Fsp3) is 0.150. The van der Waals surface area contributed by atoms with E-state index in [1.807, 2.05) is 38.1 Å². The van der Waals surface area contributed by atoms with Gasteiger partial charge in [0.15, 0.2) is 11.5 Å². The number of benzene rings is 2. The van der Waals surface area contributed by atoms with Gasteiger partial charge in [0.05, 0.1) is 18.5 Å². The van der Waals surface area contributed by atoms with Gasteiger partial charge in [-0.1, -0.05) is 23.4 Å². The summed E-state index contributed by atoms with van der Waals surface area (Å²) in [6.07, 6.45) is 0. The lowest BCUT2D eigenvalue weighted by Crippen LogP contribution is -2.11. The summed E-state index contributed by atoms with van der Waals surface area (Å²) in [5.41, 5.74) is 3.95. The number of amides is 1. The number of aromatic nitrogens is 5. The summed E-state index contributed by atoms with van der Waals surface area (Å²) in [5.74, 6) is 0.847. The Morgan fingerprint density at radius 3 is 2.59 bits per heavy atom. The van der Waals surface area contributed by atoms with Crippen LogP contribution in [0.3, 0.4) is 0 Å². The van der Waals surface area contributed by atoms with Gasteiger partial charge in [-0.3, -0.25) is 10.1 Å². The number of nitrogens with zero attached hydrogens (tertiary/aromatic N) is 5. The number of hydrogen-bond donors (Lipinski definition) is 1. The lowest BCUT2D eigenvalue weighted by molar-refractivity contribution is 0.102. The zero-order valence-corrected chi connectivity index (χ0v) is 16.9. The highest BCUT2D eigenvalue weighted by Crippen LogP contribution is 2.25. The summed E-state index contributed by atoms with van der Waals surface area (Å²) in [6.45, 7) is 3.93. The number of aryl methyl sites for hydroxylation is 1.